The van der Waals surface area contributed by atoms with Gasteiger partial charge in [0.15, 0.2) is 0 Å². The van der Waals surface area contributed by atoms with Crippen LogP contribution in [0.1, 0.15) is 25.7 Å². The lowest BCUT2D eigenvalue weighted by atomic mass is 10.1. The highest BCUT2D eigenvalue weighted by atomic mass is 16.1. The van der Waals surface area contributed by atoms with Crippen molar-refractivity contribution in [2.45, 2.75) is 25.7 Å². The predicted octanol–water partition coefficient (Wildman–Crippen LogP) is 1.25. The average molecular weight is 246 g/mol. The van der Waals surface area contributed by atoms with Crippen molar-refractivity contribution in [2.24, 2.45) is 0 Å². The van der Waals surface area contributed by atoms with Crippen molar-refractivity contribution < 1.29 is 4.79 Å². The number of Topliss-reactive ketones (excluding diaryl/α,β-unsaturated/α-hetero) is 1. The van der Waals surface area contributed by atoms with Gasteiger partial charge in [0.1, 0.15) is 11.6 Å². The van der Waals surface area contributed by atoms with Crippen molar-refractivity contribution >= 4 is 17.5 Å². The van der Waals surface area contributed by atoms with Gasteiger partial charge in [0.2, 0.25) is 5.95 Å². The Balaban J connectivity index is 1.75. The first-order valence-electron chi connectivity index (χ1n) is 6.67. The maximum atomic E-state index is 11.2. The second-order valence-corrected chi connectivity index (χ2v) is 4.93. The van der Waals surface area contributed by atoms with Gasteiger partial charge in [-0.05, 0) is 18.9 Å². The number of anilines is 2. The molecule has 1 aromatic rings. The van der Waals surface area contributed by atoms with Crippen LogP contribution in [0, 0.1) is 0 Å². The van der Waals surface area contributed by atoms with Crippen LogP contribution in [0.5, 0.6) is 0 Å². The van der Waals surface area contributed by atoms with E-state index < -0.39 is 0 Å². The Labute approximate surface area is 107 Å². The summed E-state index contributed by atoms with van der Waals surface area (Å²) in [5.41, 5.74) is 0. The van der Waals surface area contributed by atoms with Crippen LogP contribution in [-0.4, -0.2) is 41.9 Å². The Bertz CT molecular complexity index is 432. The first kappa shape index (κ1) is 11.4. The summed E-state index contributed by atoms with van der Waals surface area (Å²) in [6, 6.07) is 1.98. The fourth-order valence-electron chi connectivity index (χ4n) is 2.57. The van der Waals surface area contributed by atoms with E-state index in [1.165, 1.54) is 12.8 Å². The number of carbonyl (C=O) groups is 1. The van der Waals surface area contributed by atoms with E-state index in [0.29, 0.717) is 18.6 Å². The van der Waals surface area contributed by atoms with Crippen molar-refractivity contribution in [1.82, 2.24) is 9.97 Å². The van der Waals surface area contributed by atoms with Crippen molar-refractivity contribution in [3.8, 4) is 0 Å². The molecule has 0 unspecified atom stereocenters. The molecule has 2 fully saturated rings. The molecular weight excluding hydrogens is 228 g/mol. The lowest BCUT2D eigenvalue weighted by Crippen LogP contribution is -2.35. The number of rotatable bonds is 2. The van der Waals surface area contributed by atoms with Crippen LogP contribution in [0.3, 0.4) is 0 Å². The van der Waals surface area contributed by atoms with Gasteiger partial charge in [-0.25, -0.2) is 4.98 Å². The van der Waals surface area contributed by atoms with Crippen LogP contribution in [0.4, 0.5) is 11.8 Å². The zero-order valence-electron chi connectivity index (χ0n) is 10.5. The molecule has 3 heterocycles. The molecule has 0 atom stereocenters. The van der Waals surface area contributed by atoms with Gasteiger partial charge in [-0.1, -0.05) is 0 Å². The van der Waals surface area contributed by atoms with Gasteiger partial charge >= 0.3 is 0 Å². The van der Waals surface area contributed by atoms with Crippen molar-refractivity contribution in [3.63, 3.8) is 0 Å². The largest absolute Gasteiger partial charge is 0.356 e. The van der Waals surface area contributed by atoms with Crippen LogP contribution >= 0.6 is 0 Å². The van der Waals surface area contributed by atoms with Gasteiger partial charge in [-0.15, -0.1) is 0 Å². The van der Waals surface area contributed by atoms with Gasteiger partial charge in [0, 0.05) is 45.2 Å². The van der Waals surface area contributed by atoms with E-state index in [-0.39, 0.29) is 0 Å². The number of ketones is 1. The standard InChI is InChI=1S/C13H18N4O/c18-11-4-9-17(10-5-11)13-14-6-3-12(15-13)16-7-1-2-8-16/h3,6H,1-2,4-5,7-10H2. The van der Waals surface area contributed by atoms with Gasteiger partial charge in [0.25, 0.3) is 0 Å². The normalized spacial score (nSPS) is 20.6. The summed E-state index contributed by atoms with van der Waals surface area (Å²) in [7, 11) is 0. The Kier molecular flexibility index (Phi) is 3.13. The molecule has 2 aliphatic rings. The summed E-state index contributed by atoms with van der Waals surface area (Å²) in [5, 5.41) is 0. The van der Waals surface area contributed by atoms with E-state index >= 15 is 0 Å². The number of hydrogen-bond acceptors (Lipinski definition) is 5. The first-order valence-corrected chi connectivity index (χ1v) is 6.67. The second kappa shape index (κ2) is 4.92. The Hall–Kier alpha value is -1.65. The molecule has 0 spiro atoms. The lowest BCUT2D eigenvalue weighted by Gasteiger charge is -2.27. The molecule has 0 radical (unpaired) electrons. The molecule has 18 heavy (non-hydrogen) atoms. The molecule has 2 saturated heterocycles. The molecule has 0 saturated carbocycles. The van der Waals surface area contributed by atoms with E-state index in [4.69, 9.17) is 0 Å². The first-order chi connectivity index (χ1) is 8.83. The maximum absolute atomic E-state index is 11.2. The highest BCUT2D eigenvalue weighted by molar-refractivity contribution is 5.80. The van der Waals surface area contributed by atoms with Crippen LogP contribution < -0.4 is 9.80 Å². The van der Waals surface area contributed by atoms with E-state index in [2.05, 4.69) is 19.8 Å². The molecule has 0 bridgehead atoms. The monoisotopic (exact) mass is 246 g/mol. The molecule has 96 valence electrons. The van der Waals surface area contributed by atoms with E-state index in [1.54, 1.807) is 0 Å². The zero-order valence-corrected chi connectivity index (χ0v) is 10.5. The fraction of sp³-hybridized carbons (Fsp3) is 0.615. The maximum Gasteiger partial charge on any atom is 0.227 e. The SMILES string of the molecule is O=C1CCN(c2nccc(N3CCCC3)n2)CC1. The topological polar surface area (TPSA) is 49.3 Å². The molecule has 1 aromatic heterocycles. The van der Waals surface area contributed by atoms with Crippen molar-refractivity contribution in [3.05, 3.63) is 12.3 Å². The quantitative estimate of drug-likeness (QED) is 0.786. The molecule has 5 nitrogen and oxygen atoms in total. The fourth-order valence-corrected chi connectivity index (χ4v) is 2.57. The summed E-state index contributed by atoms with van der Waals surface area (Å²) >= 11 is 0. The molecule has 5 heteroatoms. The van der Waals surface area contributed by atoms with Gasteiger partial charge in [-0.3, -0.25) is 4.79 Å². The third-order valence-corrected chi connectivity index (χ3v) is 3.66. The van der Waals surface area contributed by atoms with E-state index in [9.17, 15) is 4.79 Å². The summed E-state index contributed by atoms with van der Waals surface area (Å²) in [6.07, 6.45) is 5.57. The summed E-state index contributed by atoms with van der Waals surface area (Å²) < 4.78 is 0. The number of nitrogens with zero attached hydrogens (tertiary/aromatic N) is 4. The highest BCUT2D eigenvalue weighted by Crippen LogP contribution is 2.20. The molecule has 2 aliphatic heterocycles. The smallest absolute Gasteiger partial charge is 0.227 e. The molecule has 3 rings (SSSR count). The summed E-state index contributed by atoms with van der Waals surface area (Å²) in [5.74, 6) is 2.14. The minimum absolute atomic E-state index is 0.349. The summed E-state index contributed by atoms with van der Waals surface area (Å²) in [4.78, 5) is 24.6. The third kappa shape index (κ3) is 2.30. The van der Waals surface area contributed by atoms with Crippen LogP contribution in [0.15, 0.2) is 12.3 Å². The number of hydrogen-bond donors (Lipinski definition) is 0. The third-order valence-electron chi connectivity index (χ3n) is 3.66. The van der Waals surface area contributed by atoms with Gasteiger partial charge in [0.05, 0.1) is 0 Å². The minimum Gasteiger partial charge on any atom is -0.356 e. The van der Waals surface area contributed by atoms with E-state index in [0.717, 1.165) is 37.9 Å². The minimum atomic E-state index is 0.349. The summed E-state index contributed by atoms with van der Waals surface area (Å²) in [6.45, 7) is 3.69. The molecular formula is C13H18N4O. The lowest BCUT2D eigenvalue weighted by molar-refractivity contribution is -0.119. The Morgan fingerprint density at radius 1 is 1.00 bits per heavy atom. The van der Waals surface area contributed by atoms with Gasteiger partial charge in [-0.2, -0.15) is 4.98 Å². The Morgan fingerprint density at radius 3 is 2.44 bits per heavy atom. The average Bonchev–Trinajstić information content (AvgIpc) is 2.94. The second-order valence-electron chi connectivity index (χ2n) is 4.93. The van der Waals surface area contributed by atoms with Crippen LogP contribution in [-0.2, 0) is 4.79 Å². The molecule has 0 amide bonds. The van der Waals surface area contributed by atoms with Crippen LogP contribution in [0.25, 0.3) is 0 Å². The van der Waals surface area contributed by atoms with Crippen molar-refractivity contribution in [1.29, 1.82) is 0 Å². The molecule has 0 aliphatic carbocycles. The highest BCUT2D eigenvalue weighted by Gasteiger charge is 2.20. The number of carbonyl (C=O) groups excluding carboxylic acids is 1. The zero-order chi connectivity index (χ0) is 12.4. The van der Waals surface area contributed by atoms with Crippen LogP contribution in [0.2, 0.25) is 0 Å². The predicted molar refractivity (Wildman–Crippen MR) is 69.9 cm³/mol. The molecule has 0 aromatic carbocycles. The van der Waals surface area contributed by atoms with Gasteiger partial charge < -0.3 is 9.80 Å². The number of aromatic nitrogens is 2. The Morgan fingerprint density at radius 2 is 1.72 bits per heavy atom. The van der Waals surface area contributed by atoms with E-state index in [1.807, 2.05) is 12.3 Å². The molecule has 0 N–H and O–H groups in total. The van der Waals surface area contributed by atoms with Crippen molar-refractivity contribution in [2.75, 3.05) is 36.0 Å². The number of piperidine rings is 1.